The van der Waals surface area contributed by atoms with Crippen molar-refractivity contribution in [3.63, 3.8) is 0 Å². The van der Waals surface area contributed by atoms with E-state index in [2.05, 4.69) is 5.32 Å². The second-order valence-corrected chi connectivity index (χ2v) is 3.76. The number of nitro groups is 1. The van der Waals surface area contributed by atoms with E-state index in [4.69, 9.17) is 15.2 Å². The minimum atomic E-state index is -0.584. The van der Waals surface area contributed by atoms with Gasteiger partial charge < -0.3 is 20.5 Å². The minimum Gasteiger partial charge on any atom is -0.494 e. The Morgan fingerprint density at radius 1 is 1.50 bits per heavy atom. The number of nitrogens with two attached hydrogens (primary N) is 1. The third-order valence-electron chi connectivity index (χ3n) is 2.25. The summed E-state index contributed by atoms with van der Waals surface area (Å²) in [5.41, 5.74) is 5.08. The molecule has 0 aliphatic rings. The standard InChI is InChI=1S/C12H17N3O5/c1-2-20-9-3-4-10(11(7-9)15(17)18)14-12(16)8-19-6-5-13/h3-4,7H,2,5-6,8,13H2,1H3,(H,14,16). The lowest BCUT2D eigenvalue weighted by Gasteiger charge is -2.08. The van der Waals surface area contributed by atoms with Gasteiger partial charge in [-0.1, -0.05) is 0 Å². The van der Waals surface area contributed by atoms with E-state index < -0.39 is 10.8 Å². The van der Waals surface area contributed by atoms with Crippen molar-refractivity contribution in [2.75, 3.05) is 31.7 Å². The van der Waals surface area contributed by atoms with E-state index in [0.29, 0.717) is 18.9 Å². The quantitative estimate of drug-likeness (QED) is 0.416. The smallest absolute Gasteiger partial charge is 0.296 e. The molecule has 20 heavy (non-hydrogen) atoms. The van der Waals surface area contributed by atoms with Gasteiger partial charge in [-0.15, -0.1) is 0 Å². The van der Waals surface area contributed by atoms with E-state index in [1.807, 2.05) is 0 Å². The van der Waals surface area contributed by atoms with Gasteiger partial charge in [0.25, 0.3) is 11.6 Å². The number of nitro benzene ring substituents is 1. The van der Waals surface area contributed by atoms with Crippen LogP contribution in [0, 0.1) is 10.1 Å². The molecular weight excluding hydrogens is 266 g/mol. The van der Waals surface area contributed by atoms with Crippen LogP contribution in [-0.4, -0.2) is 37.2 Å². The molecule has 0 spiro atoms. The lowest BCUT2D eigenvalue weighted by atomic mass is 10.2. The molecule has 8 heteroatoms. The van der Waals surface area contributed by atoms with Crippen LogP contribution >= 0.6 is 0 Å². The Labute approximate surface area is 116 Å². The summed E-state index contributed by atoms with van der Waals surface area (Å²) < 4.78 is 10.1. The van der Waals surface area contributed by atoms with Crippen molar-refractivity contribution >= 4 is 17.3 Å². The van der Waals surface area contributed by atoms with Crippen molar-refractivity contribution < 1.29 is 19.2 Å². The summed E-state index contributed by atoms with van der Waals surface area (Å²) in [6, 6.07) is 4.23. The fraction of sp³-hybridized carbons (Fsp3) is 0.417. The highest BCUT2D eigenvalue weighted by atomic mass is 16.6. The van der Waals surface area contributed by atoms with Crippen molar-refractivity contribution in [1.29, 1.82) is 0 Å². The topological polar surface area (TPSA) is 117 Å². The van der Waals surface area contributed by atoms with Crippen LogP contribution in [0.25, 0.3) is 0 Å². The number of nitrogens with one attached hydrogen (secondary N) is 1. The molecule has 8 nitrogen and oxygen atoms in total. The zero-order valence-corrected chi connectivity index (χ0v) is 11.1. The summed E-state index contributed by atoms with van der Waals surface area (Å²) in [6.07, 6.45) is 0. The maximum Gasteiger partial charge on any atom is 0.296 e. The summed E-state index contributed by atoms with van der Waals surface area (Å²) in [6.45, 7) is 2.52. The van der Waals surface area contributed by atoms with Crippen LogP contribution in [0.3, 0.4) is 0 Å². The molecule has 0 aliphatic carbocycles. The number of anilines is 1. The molecule has 0 heterocycles. The molecule has 0 saturated heterocycles. The third-order valence-corrected chi connectivity index (χ3v) is 2.25. The monoisotopic (exact) mass is 283 g/mol. The molecule has 0 bridgehead atoms. The highest BCUT2D eigenvalue weighted by Gasteiger charge is 2.17. The predicted molar refractivity (Wildman–Crippen MR) is 72.8 cm³/mol. The fourth-order valence-electron chi connectivity index (χ4n) is 1.46. The Balaban J connectivity index is 2.78. The normalized spacial score (nSPS) is 10.1. The first-order chi connectivity index (χ1) is 9.58. The lowest BCUT2D eigenvalue weighted by molar-refractivity contribution is -0.384. The van der Waals surface area contributed by atoms with E-state index in [-0.39, 0.29) is 24.6 Å². The molecule has 1 rings (SSSR count). The number of carbonyl (C=O) groups is 1. The highest BCUT2D eigenvalue weighted by Crippen LogP contribution is 2.29. The van der Waals surface area contributed by atoms with Crippen LogP contribution in [0.5, 0.6) is 5.75 Å². The van der Waals surface area contributed by atoms with Crippen LogP contribution in [0.2, 0.25) is 0 Å². The summed E-state index contributed by atoms with van der Waals surface area (Å²) >= 11 is 0. The Morgan fingerprint density at radius 2 is 2.25 bits per heavy atom. The first-order valence-corrected chi connectivity index (χ1v) is 6.07. The number of benzene rings is 1. The molecule has 1 aromatic carbocycles. The van der Waals surface area contributed by atoms with Crippen LogP contribution in [-0.2, 0) is 9.53 Å². The lowest BCUT2D eigenvalue weighted by Crippen LogP contribution is -2.21. The van der Waals surface area contributed by atoms with E-state index in [1.54, 1.807) is 13.0 Å². The molecular formula is C12H17N3O5. The van der Waals surface area contributed by atoms with Gasteiger partial charge in [0.2, 0.25) is 0 Å². The number of amides is 1. The van der Waals surface area contributed by atoms with Crippen molar-refractivity contribution in [2.45, 2.75) is 6.92 Å². The van der Waals surface area contributed by atoms with Gasteiger partial charge in [-0.05, 0) is 19.1 Å². The van der Waals surface area contributed by atoms with Crippen molar-refractivity contribution in [3.05, 3.63) is 28.3 Å². The molecule has 110 valence electrons. The van der Waals surface area contributed by atoms with E-state index in [9.17, 15) is 14.9 Å². The molecule has 0 aromatic heterocycles. The average Bonchev–Trinajstić information content (AvgIpc) is 2.41. The van der Waals surface area contributed by atoms with E-state index in [1.165, 1.54) is 12.1 Å². The summed E-state index contributed by atoms with van der Waals surface area (Å²) in [7, 11) is 0. The van der Waals surface area contributed by atoms with Crippen molar-refractivity contribution in [2.24, 2.45) is 5.73 Å². The van der Waals surface area contributed by atoms with Crippen LogP contribution < -0.4 is 15.8 Å². The maximum atomic E-state index is 11.5. The maximum absolute atomic E-state index is 11.5. The number of ether oxygens (including phenoxy) is 2. The molecule has 0 aliphatic heterocycles. The van der Waals surface area contributed by atoms with Gasteiger partial charge in [-0.25, -0.2) is 0 Å². The Kier molecular flexibility index (Phi) is 6.41. The van der Waals surface area contributed by atoms with Crippen LogP contribution in [0.15, 0.2) is 18.2 Å². The van der Waals surface area contributed by atoms with Gasteiger partial charge in [-0.2, -0.15) is 0 Å². The number of hydrogen-bond donors (Lipinski definition) is 2. The number of rotatable bonds is 8. The van der Waals surface area contributed by atoms with E-state index >= 15 is 0 Å². The SMILES string of the molecule is CCOc1ccc(NC(=O)COCCN)c([N+](=O)[O-])c1. The number of carbonyl (C=O) groups excluding carboxylic acids is 1. The second kappa shape index (κ2) is 8.08. The third kappa shape index (κ3) is 4.82. The minimum absolute atomic E-state index is 0.0970. The summed E-state index contributed by atoms with van der Waals surface area (Å²) in [5.74, 6) is -0.109. The second-order valence-electron chi connectivity index (χ2n) is 3.76. The summed E-state index contributed by atoms with van der Waals surface area (Å²) in [4.78, 5) is 21.9. The molecule has 0 radical (unpaired) electrons. The van der Waals surface area contributed by atoms with Gasteiger partial charge in [0.1, 0.15) is 18.0 Å². The molecule has 1 amide bonds. The van der Waals surface area contributed by atoms with Gasteiger partial charge in [-0.3, -0.25) is 14.9 Å². The fourth-order valence-corrected chi connectivity index (χ4v) is 1.46. The zero-order chi connectivity index (χ0) is 15.0. The molecule has 1 aromatic rings. The molecule has 0 atom stereocenters. The number of nitrogens with zero attached hydrogens (tertiary/aromatic N) is 1. The predicted octanol–water partition coefficient (Wildman–Crippen LogP) is 0.907. The van der Waals surface area contributed by atoms with Gasteiger partial charge in [0.15, 0.2) is 0 Å². The van der Waals surface area contributed by atoms with Crippen molar-refractivity contribution in [1.82, 2.24) is 0 Å². The van der Waals surface area contributed by atoms with Crippen molar-refractivity contribution in [3.8, 4) is 5.75 Å². The molecule has 0 fully saturated rings. The Hall–Kier alpha value is -2.19. The molecule has 0 unspecified atom stereocenters. The van der Waals surface area contributed by atoms with E-state index in [0.717, 1.165) is 0 Å². The van der Waals surface area contributed by atoms with Crippen LogP contribution in [0.1, 0.15) is 6.92 Å². The summed E-state index contributed by atoms with van der Waals surface area (Å²) in [5, 5.41) is 13.4. The van der Waals surface area contributed by atoms with Gasteiger partial charge in [0.05, 0.1) is 24.2 Å². The molecule has 3 N–H and O–H groups in total. The highest BCUT2D eigenvalue weighted by molar-refractivity contribution is 5.94. The largest absolute Gasteiger partial charge is 0.494 e. The number of hydrogen-bond acceptors (Lipinski definition) is 6. The first-order valence-electron chi connectivity index (χ1n) is 6.07. The van der Waals surface area contributed by atoms with Crippen LogP contribution in [0.4, 0.5) is 11.4 Å². The van der Waals surface area contributed by atoms with Gasteiger partial charge in [0, 0.05) is 6.54 Å². The Morgan fingerprint density at radius 3 is 2.85 bits per heavy atom. The average molecular weight is 283 g/mol. The zero-order valence-electron chi connectivity index (χ0n) is 11.1. The Bertz CT molecular complexity index is 478. The first kappa shape index (κ1) is 15.9. The molecule has 0 saturated carbocycles. The van der Waals surface area contributed by atoms with Gasteiger partial charge >= 0.3 is 0 Å².